The van der Waals surface area contributed by atoms with E-state index >= 15 is 0 Å². The maximum atomic E-state index is 14.2. The number of halogens is 4. The summed E-state index contributed by atoms with van der Waals surface area (Å²) in [5, 5.41) is 8.65. The minimum absolute atomic E-state index is 0.0291. The highest BCUT2D eigenvalue weighted by molar-refractivity contribution is 7.89. The molecule has 41 heavy (non-hydrogen) atoms. The van der Waals surface area contributed by atoms with Gasteiger partial charge < -0.3 is 5.73 Å². The van der Waals surface area contributed by atoms with Gasteiger partial charge in [0.05, 0.1) is 28.1 Å². The Balaban J connectivity index is 1.75. The molecule has 1 aliphatic heterocycles. The summed E-state index contributed by atoms with van der Waals surface area (Å²) in [6.45, 7) is 3.71. The molecule has 0 aliphatic carbocycles. The van der Waals surface area contributed by atoms with Gasteiger partial charge in [-0.15, -0.1) is 0 Å². The van der Waals surface area contributed by atoms with E-state index in [-0.39, 0.29) is 24.6 Å². The molecule has 3 aromatic carbocycles. The fourth-order valence-corrected chi connectivity index (χ4v) is 5.98. The first kappa shape index (κ1) is 30.0. The Bertz CT molecular complexity index is 1640. The van der Waals surface area contributed by atoms with Crippen LogP contribution in [-0.2, 0) is 16.2 Å². The Morgan fingerprint density at radius 1 is 1.00 bits per heavy atom. The third kappa shape index (κ3) is 6.66. The second-order valence-corrected chi connectivity index (χ2v) is 12.4. The summed E-state index contributed by atoms with van der Waals surface area (Å²) in [5.74, 6) is -1.49. The van der Waals surface area contributed by atoms with Crippen LogP contribution in [0, 0.1) is 17.1 Å². The van der Waals surface area contributed by atoms with E-state index in [1.165, 1.54) is 4.31 Å². The van der Waals surface area contributed by atoms with E-state index in [2.05, 4.69) is 11.1 Å². The molecule has 0 unspecified atom stereocenters. The molecular formula is C30H28F4N4O2S. The van der Waals surface area contributed by atoms with Crippen molar-refractivity contribution in [2.45, 2.75) is 38.1 Å². The van der Waals surface area contributed by atoms with Gasteiger partial charge in [0.1, 0.15) is 11.7 Å². The number of nitrogens with zero attached hydrogens (tertiary/aromatic N) is 3. The van der Waals surface area contributed by atoms with Crippen LogP contribution in [0.15, 0.2) is 77.3 Å². The predicted molar refractivity (Wildman–Crippen MR) is 151 cm³/mol. The fourth-order valence-electron chi connectivity index (χ4n) is 4.69. The van der Waals surface area contributed by atoms with Crippen LogP contribution in [0.1, 0.15) is 43.4 Å². The maximum absolute atomic E-state index is 14.2. The van der Waals surface area contributed by atoms with Crippen LogP contribution in [0.2, 0.25) is 0 Å². The van der Waals surface area contributed by atoms with Crippen molar-refractivity contribution in [3.63, 3.8) is 0 Å². The zero-order chi connectivity index (χ0) is 29.9. The van der Waals surface area contributed by atoms with Gasteiger partial charge in [0.15, 0.2) is 0 Å². The van der Waals surface area contributed by atoms with Crippen molar-refractivity contribution in [2.75, 3.05) is 13.1 Å². The van der Waals surface area contributed by atoms with Crippen LogP contribution < -0.4 is 5.73 Å². The quantitative estimate of drug-likeness (QED) is 0.199. The molecule has 214 valence electrons. The Morgan fingerprint density at radius 3 is 2.22 bits per heavy atom. The first-order valence-electron chi connectivity index (χ1n) is 12.8. The number of hydrogen-bond donors (Lipinski definition) is 1. The zero-order valence-electron chi connectivity index (χ0n) is 22.4. The van der Waals surface area contributed by atoms with Crippen LogP contribution in [0.5, 0.6) is 0 Å². The topological polar surface area (TPSA) is 99.6 Å². The van der Waals surface area contributed by atoms with Crippen LogP contribution >= 0.6 is 0 Å². The predicted octanol–water partition coefficient (Wildman–Crippen LogP) is 6.66. The van der Waals surface area contributed by atoms with Crippen molar-refractivity contribution >= 4 is 27.1 Å². The number of piperidine rings is 1. The maximum Gasteiger partial charge on any atom is 0.419 e. The summed E-state index contributed by atoms with van der Waals surface area (Å²) in [7, 11) is -3.45. The van der Waals surface area contributed by atoms with Gasteiger partial charge in [0.25, 0.3) is 0 Å². The fraction of sp³-hybridized carbons (Fsp3) is 0.267. The van der Waals surface area contributed by atoms with Crippen LogP contribution in [0.3, 0.4) is 0 Å². The molecule has 1 aliphatic rings. The molecule has 1 saturated heterocycles. The normalized spacial score (nSPS) is 15.2. The number of aliphatic imine (C=N–C) groups is 1. The molecule has 0 aromatic heterocycles. The molecule has 1 heterocycles. The Morgan fingerprint density at radius 2 is 1.66 bits per heavy atom. The van der Waals surface area contributed by atoms with Crippen molar-refractivity contribution in [1.29, 1.82) is 5.26 Å². The number of alkyl halides is 3. The summed E-state index contributed by atoms with van der Waals surface area (Å²) in [6, 6.07) is 18.9. The molecule has 0 saturated carbocycles. The second-order valence-electron chi connectivity index (χ2n) is 9.90. The second kappa shape index (κ2) is 11.8. The van der Waals surface area contributed by atoms with Crippen molar-refractivity contribution in [3.05, 3.63) is 94.8 Å². The molecule has 0 spiro atoms. The third-order valence-electron chi connectivity index (χ3n) is 6.90. The zero-order valence-corrected chi connectivity index (χ0v) is 23.2. The van der Waals surface area contributed by atoms with Gasteiger partial charge in [0, 0.05) is 24.7 Å². The number of rotatable bonds is 6. The lowest BCUT2D eigenvalue weighted by Gasteiger charge is -2.30. The summed E-state index contributed by atoms with van der Waals surface area (Å²) in [4.78, 5) is 4.26. The molecule has 2 N–H and O–H groups in total. The van der Waals surface area contributed by atoms with Crippen LogP contribution in [-0.4, -0.2) is 36.9 Å². The lowest BCUT2D eigenvalue weighted by molar-refractivity contribution is -0.139. The molecule has 1 fully saturated rings. The minimum atomic E-state index is -4.84. The smallest absolute Gasteiger partial charge is 0.383 e. The summed E-state index contributed by atoms with van der Waals surface area (Å²) in [6.07, 6.45) is -4.11. The summed E-state index contributed by atoms with van der Waals surface area (Å²) >= 11 is 0. The van der Waals surface area contributed by atoms with Gasteiger partial charge in [-0.05, 0) is 67.6 Å². The highest BCUT2D eigenvalue weighted by Crippen LogP contribution is 2.34. The molecule has 11 heteroatoms. The molecule has 0 radical (unpaired) electrons. The molecule has 6 nitrogen and oxygen atoms in total. The van der Waals surface area contributed by atoms with Crippen LogP contribution in [0.4, 0.5) is 23.2 Å². The molecule has 4 rings (SSSR count). The van der Waals surface area contributed by atoms with Gasteiger partial charge in [-0.2, -0.15) is 18.4 Å². The molecular weight excluding hydrogens is 556 g/mol. The van der Waals surface area contributed by atoms with Crippen molar-refractivity contribution in [1.82, 2.24) is 4.31 Å². The molecule has 3 aromatic rings. The summed E-state index contributed by atoms with van der Waals surface area (Å²) < 4.78 is 80.1. The lowest BCUT2D eigenvalue weighted by atomic mass is 9.91. The van der Waals surface area contributed by atoms with E-state index < -0.39 is 32.8 Å². The van der Waals surface area contributed by atoms with E-state index in [4.69, 9.17) is 5.73 Å². The average molecular weight is 585 g/mol. The van der Waals surface area contributed by atoms with Crippen molar-refractivity contribution in [2.24, 2.45) is 10.7 Å². The van der Waals surface area contributed by atoms with Gasteiger partial charge >= 0.3 is 6.18 Å². The third-order valence-corrected chi connectivity index (χ3v) is 9.17. The van der Waals surface area contributed by atoms with E-state index in [0.717, 1.165) is 22.8 Å². The lowest BCUT2D eigenvalue weighted by Crippen LogP contribution is -2.40. The first-order valence-corrected chi connectivity index (χ1v) is 14.3. The van der Waals surface area contributed by atoms with Gasteiger partial charge in [-0.25, -0.2) is 22.1 Å². The number of sulfonamides is 1. The van der Waals surface area contributed by atoms with E-state index in [1.54, 1.807) is 32.0 Å². The van der Waals surface area contributed by atoms with E-state index in [9.17, 15) is 31.2 Å². The van der Waals surface area contributed by atoms with E-state index in [0.29, 0.717) is 41.7 Å². The van der Waals surface area contributed by atoms with E-state index in [1.807, 2.05) is 30.3 Å². The SMILES string of the molecule is CC(C)S(=O)(=O)N1CCC(=C(C(N)=Nc2ccc(C(F)(F)F)c(F)c2)c2ccc(-c3cccc(C#N)c3)cc2)CC1. The van der Waals surface area contributed by atoms with Crippen LogP contribution in [0.25, 0.3) is 16.7 Å². The van der Waals surface area contributed by atoms with Gasteiger partial charge in [-0.1, -0.05) is 42.0 Å². The monoisotopic (exact) mass is 584 g/mol. The van der Waals surface area contributed by atoms with Crippen molar-refractivity contribution < 1.29 is 26.0 Å². The standard InChI is InChI=1S/C30H28F4N4O2S/c1-19(2)41(39,40)38-14-12-23(13-15-38)28(29(36)37-25-10-11-26(27(31)17-25)30(32,33)34)22-8-6-21(7-9-22)24-5-3-4-20(16-24)18-35/h3-11,16-17,19H,12-15H2,1-2H3,(H2,36,37). The molecule has 0 amide bonds. The Labute approximate surface area is 236 Å². The number of hydrogen-bond acceptors (Lipinski definition) is 4. The van der Waals surface area contributed by atoms with Crippen molar-refractivity contribution in [3.8, 4) is 17.2 Å². The summed E-state index contributed by atoms with van der Waals surface area (Å²) in [5.41, 5.74) is 9.13. The number of amidine groups is 1. The molecule has 0 atom stereocenters. The minimum Gasteiger partial charge on any atom is -0.383 e. The largest absolute Gasteiger partial charge is 0.419 e. The van der Waals surface area contributed by atoms with Gasteiger partial charge in [0.2, 0.25) is 10.0 Å². The average Bonchev–Trinajstić information content (AvgIpc) is 2.93. The highest BCUT2D eigenvalue weighted by Gasteiger charge is 2.34. The molecule has 0 bridgehead atoms. The highest BCUT2D eigenvalue weighted by atomic mass is 32.2. The first-order chi connectivity index (χ1) is 19.3. The Hall–Kier alpha value is -4.01. The number of nitrogens with two attached hydrogens (primary N) is 1. The number of nitriles is 1. The Kier molecular flexibility index (Phi) is 8.66. The number of benzene rings is 3. The van der Waals surface area contributed by atoms with Gasteiger partial charge in [-0.3, -0.25) is 0 Å².